The van der Waals surface area contributed by atoms with Crippen LogP contribution in [0.4, 0.5) is 0 Å². The molecule has 1 unspecified atom stereocenters. The van der Waals surface area contributed by atoms with E-state index >= 15 is 0 Å². The van der Waals surface area contributed by atoms with Crippen molar-refractivity contribution in [3.05, 3.63) is 0 Å². The summed E-state index contributed by atoms with van der Waals surface area (Å²) in [6, 6.07) is 1.61. The van der Waals surface area contributed by atoms with Crippen molar-refractivity contribution in [1.29, 1.82) is 5.26 Å². The molecule has 1 aliphatic rings. The Balaban J connectivity index is 2.29. The molecule has 5 heteroatoms. The average Bonchev–Trinajstić information content (AvgIpc) is 2.52. The second-order valence-electron chi connectivity index (χ2n) is 2.87. The Kier molecular flexibility index (Phi) is 3.26. The van der Waals surface area contributed by atoms with Gasteiger partial charge in [0.2, 0.25) is 5.91 Å². The van der Waals surface area contributed by atoms with Gasteiger partial charge < -0.3 is 11.1 Å². The Hall–Kier alpha value is -1.57. The van der Waals surface area contributed by atoms with Crippen LogP contribution in [-0.2, 0) is 4.79 Å². The van der Waals surface area contributed by atoms with Crippen molar-refractivity contribution in [2.75, 3.05) is 6.54 Å². The van der Waals surface area contributed by atoms with E-state index in [0.29, 0.717) is 31.6 Å². The Morgan fingerprint density at radius 1 is 1.85 bits per heavy atom. The zero-order valence-corrected chi connectivity index (χ0v) is 7.29. The van der Waals surface area contributed by atoms with Gasteiger partial charge in [-0.05, 0) is 6.42 Å². The minimum Gasteiger partial charge on any atom is -0.387 e. The summed E-state index contributed by atoms with van der Waals surface area (Å²) in [7, 11) is 0. The van der Waals surface area contributed by atoms with Crippen molar-refractivity contribution in [1.82, 2.24) is 5.32 Å². The van der Waals surface area contributed by atoms with Crippen molar-refractivity contribution in [3.8, 4) is 6.07 Å². The lowest BCUT2D eigenvalue weighted by Gasteiger charge is -2.05. The average molecular weight is 180 g/mol. The molecule has 0 fully saturated rings. The number of nitriles is 1. The second-order valence-corrected chi connectivity index (χ2v) is 2.87. The monoisotopic (exact) mass is 180 g/mol. The highest BCUT2D eigenvalue weighted by atomic mass is 16.2. The number of carbonyl (C=O) groups is 1. The lowest BCUT2D eigenvalue weighted by Crippen LogP contribution is -2.32. The van der Waals surface area contributed by atoms with Gasteiger partial charge in [-0.25, -0.2) is 0 Å². The molecular formula is C8H12N4O. The predicted molar refractivity (Wildman–Crippen MR) is 47.9 cm³/mol. The number of carbonyl (C=O) groups excluding carboxylic acids is 1. The molecule has 1 rings (SSSR count). The van der Waals surface area contributed by atoms with E-state index in [1.807, 2.05) is 6.07 Å². The molecule has 1 heterocycles. The molecule has 0 radical (unpaired) electrons. The van der Waals surface area contributed by atoms with Crippen LogP contribution in [0.3, 0.4) is 0 Å². The molecule has 5 nitrogen and oxygen atoms in total. The van der Waals surface area contributed by atoms with Crippen LogP contribution in [-0.4, -0.2) is 24.3 Å². The standard InChI is InChI=1S/C8H12N4O/c9-4-1-5-11-8(13)6-2-3-7(10)12-6/h6H,1-3,5H2,(H2,10,12)(H,11,13). The minimum atomic E-state index is -0.335. The van der Waals surface area contributed by atoms with Crippen LogP contribution in [0.15, 0.2) is 4.99 Å². The summed E-state index contributed by atoms with van der Waals surface area (Å²) >= 11 is 0. The van der Waals surface area contributed by atoms with Crippen molar-refractivity contribution < 1.29 is 4.79 Å². The van der Waals surface area contributed by atoms with E-state index in [0.717, 1.165) is 0 Å². The number of amidine groups is 1. The van der Waals surface area contributed by atoms with Crippen LogP contribution in [0.5, 0.6) is 0 Å². The van der Waals surface area contributed by atoms with Crippen molar-refractivity contribution >= 4 is 11.7 Å². The van der Waals surface area contributed by atoms with Gasteiger partial charge >= 0.3 is 0 Å². The van der Waals surface area contributed by atoms with Gasteiger partial charge in [-0.2, -0.15) is 5.26 Å². The zero-order valence-electron chi connectivity index (χ0n) is 7.29. The van der Waals surface area contributed by atoms with Crippen LogP contribution < -0.4 is 11.1 Å². The quantitative estimate of drug-likeness (QED) is 0.575. The third-order valence-corrected chi connectivity index (χ3v) is 1.83. The maximum Gasteiger partial charge on any atom is 0.244 e. The van der Waals surface area contributed by atoms with Gasteiger partial charge in [-0.1, -0.05) is 0 Å². The first kappa shape index (κ1) is 9.52. The molecule has 1 amide bonds. The summed E-state index contributed by atoms with van der Waals surface area (Å²) in [5, 5.41) is 10.9. The molecule has 0 spiro atoms. The highest BCUT2D eigenvalue weighted by molar-refractivity contribution is 5.90. The van der Waals surface area contributed by atoms with E-state index in [2.05, 4.69) is 10.3 Å². The second kappa shape index (κ2) is 4.45. The van der Waals surface area contributed by atoms with Crippen molar-refractivity contribution in [2.45, 2.75) is 25.3 Å². The number of amides is 1. The molecule has 1 atom stereocenters. The molecule has 0 saturated heterocycles. The lowest BCUT2D eigenvalue weighted by atomic mass is 10.2. The van der Waals surface area contributed by atoms with Crippen molar-refractivity contribution in [2.24, 2.45) is 10.7 Å². The first-order valence-electron chi connectivity index (χ1n) is 4.21. The number of hydrogen-bond donors (Lipinski definition) is 2. The molecule has 13 heavy (non-hydrogen) atoms. The van der Waals surface area contributed by atoms with Gasteiger partial charge in [-0.15, -0.1) is 0 Å². The first-order valence-corrected chi connectivity index (χ1v) is 4.21. The summed E-state index contributed by atoms with van der Waals surface area (Å²) in [5.41, 5.74) is 5.44. The van der Waals surface area contributed by atoms with Crippen LogP contribution in [0.1, 0.15) is 19.3 Å². The molecule has 3 N–H and O–H groups in total. The number of aliphatic imine (C=N–C) groups is 1. The fourth-order valence-electron chi connectivity index (χ4n) is 1.16. The molecule has 1 aliphatic heterocycles. The van der Waals surface area contributed by atoms with E-state index < -0.39 is 0 Å². The highest BCUT2D eigenvalue weighted by Gasteiger charge is 2.22. The molecule has 0 aromatic carbocycles. The molecule has 0 bridgehead atoms. The SMILES string of the molecule is N#CCCNC(=O)C1CCC(N)=N1. The maximum atomic E-state index is 11.3. The molecule has 0 aromatic heterocycles. The van der Waals surface area contributed by atoms with Crippen LogP contribution >= 0.6 is 0 Å². The summed E-state index contributed by atoms with van der Waals surface area (Å²) in [5.74, 6) is 0.413. The smallest absolute Gasteiger partial charge is 0.244 e. The Bertz CT molecular complexity index is 266. The fraction of sp³-hybridized carbons (Fsp3) is 0.625. The molecule has 0 aromatic rings. The molecule has 70 valence electrons. The predicted octanol–water partition coefficient (Wildman–Crippen LogP) is -0.464. The topological polar surface area (TPSA) is 91.3 Å². The lowest BCUT2D eigenvalue weighted by molar-refractivity contribution is -0.122. The van der Waals surface area contributed by atoms with Gasteiger partial charge in [0.25, 0.3) is 0 Å². The number of nitrogens with one attached hydrogen (secondary N) is 1. The summed E-state index contributed by atoms with van der Waals surface area (Å²) in [6.45, 7) is 0.390. The van der Waals surface area contributed by atoms with Gasteiger partial charge in [0.1, 0.15) is 6.04 Å². The zero-order chi connectivity index (χ0) is 9.68. The Morgan fingerprint density at radius 3 is 3.15 bits per heavy atom. The molecule has 0 saturated carbocycles. The largest absolute Gasteiger partial charge is 0.387 e. The van der Waals surface area contributed by atoms with E-state index in [1.165, 1.54) is 0 Å². The number of nitrogens with two attached hydrogens (primary N) is 1. The molecular weight excluding hydrogens is 168 g/mol. The van der Waals surface area contributed by atoms with Crippen molar-refractivity contribution in [3.63, 3.8) is 0 Å². The van der Waals surface area contributed by atoms with Gasteiger partial charge in [0.05, 0.1) is 18.3 Å². The van der Waals surface area contributed by atoms with E-state index in [4.69, 9.17) is 11.0 Å². The third kappa shape index (κ3) is 2.75. The fourth-order valence-corrected chi connectivity index (χ4v) is 1.16. The number of rotatable bonds is 3. The first-order chi connectivity index (χ1) is 6.24. The van der Waals surface area contributed by atoms with Gasteiger partial charge in [-0.3, -0.25) is 9.79 Å². The minimum absolute atomic E-state index is 0.129. The Labute approximate surface area is 76.6 Å². The van der Waals surface area contributed by atoms with Crippen LogP contribution in [0.25, 0.3) is 0 Å². The van der Waals surface area contributed by atoms with E-state index in [1.54, 1.807) is 0 Å². The van der Waals surface area contributed by atoms with E-state index in [9.17, 15) is 4.79 Å². The van der Waals surface area contributed by atoms with E-state index in [-0.39, 0.29) is 11.9 Å². The van der Waals surface area contributed by atoms with Crippen LogP contribution in [0, 0.1) is 11.3 Å². The normalized spacial score (nSPS) is 20.5. The third-order valence-electron chi connectivity index (χ3n) is 1.83. The molecule has 0 aliphatic carbocycles. The summed E-state index contributed by atoms with van der Waals surface area (Å²) in [4.78, 5) is 15.2. The Morgan fingerprint density at radius 2 is 2.62 bits per heavy atom. The summed E-state index contributed by atoms with van der Waals surface area (Å²) < 4.78 is 0. The maximum absolute atomic E-state index is 11.3. The number of nitrogens with zero attached hydrogens (tertiary/aromatic N) is 2. The highest BCUT2D eigenvalue weighted by Crippen LogP contribution is 2.10. The summed E-state index contributed by atoms with van der Waals surface area (Å²) in [6.07, 6.45) is 1.71. The number of hydrogen-bond acceptors (Lipinski definition) is 4. The van der Waals surface area contributed by atoms with Gasteiger partial charge in [0.15, 0.2) is 0 Å². The van der Waals surface area contributed by atoms with Gasteiger partial charge in [0, 0.05) is 13.0 Å². The van der Waals surface area contributed by atoms with Crippen LogP contribution in [0.2, 0.25) is 0 Å².